The summed E-state index contributed by atoms with van der Waals surface area (Å²) in [6.45, 7) is 10.8. The van der Waals surface area contributed by atoms with E-state index < -0.39 is 0 Å². The van der Waals surface area contributed by atoms with Crippen LogP contribution < -0.4 is 0 Å². The van der Waals surface area contributed by atoms with Gasteiger partial charge in [-0.2, -0.15) is 0 Å². The molecule has 0 amide bonds. The van der Waals surface area contributed by atoms with Crippen LogP contribution in [0.3, 0.4) is 0 Å². The van der Waals surface area contributed by atoms with Crippen LogP contribution >= 0.6 is 15.9 Å². The molecule has 1 fully saturated rings. The van der Waals surface area contributed by atoms with Gasteiger partial charge in [0.25, 0.3) is 0 Å². The Balaban J connectivity index is 2.36. The normalized spacial score (nSPS) is 43.7. The van der Waals surface area contributed by atoms with Crippen LogP contribution in [0.25, 0.3) is 0 Å². The molecule has 2 aliphatic carbocycles. The summed E-state index contributed by atoms with van der Waals surface area (Å²) in [6, 6.07) is 0. The minimum Gasteiger partial charge on any atom is -0.299 e. The molecule has 2 rings (SSSR count). The fourth-order valence-electron chi connectivity index (χ4n) is 3.69. The fraction of sp³-hybridized carbons (Fsp3) is 0.688. The Morgan fingerprint density at radius 1 is 1.56 bits per heavy atom. The number of rotatable bonds is 2. The Bertz CT molecular complexity index is 398. The van der Waals surface area contributed by atoms with Crippen molar-refractivity contribution in [3.05, 3.63) is 24.3 Å². The van der Waals surface area contributed by atoms with Crippen molar-refractivity contribution in [2.75, 3.05) is 5.33 Å². The Kier molecular flexibility index (Phi) is 3.87. The number of carbonyl (C=O) groups is 1. The number of allylic oxidation sites excluding steroid dienone is 3. The third kappa shape index (κ3) is 2.03. The van der Waals surface area contributed by atoms with Gasteiger partial charge in [0.15, 0.2) is 0 Å². The molecule has 0 aliphatic heterocycles. The van der Waals surface area contributed by atoms with E-state index in [0.29, 0.717) is 17.6 Å². The number of carbonyl (C=O) groups excluding carboxylic acids is 1. The lowest BCUT2D eigenvalue weighted by Gasteiger charge is -2.51. The van der Waals surface area contributed by atoms with Crippen molar-refractivity contribution in [1.82, 2.24) is 0 Å². The summed E-state index contributed by atoms with van der Waals surface area (Å²) in [4.78, 5) is 12.6. The van der Waals surface area contributed by atoms with Crippen molar-refractivity contribution in [1.29, 1.82) is 0 Å². The number of ketones is 1. The van der Waals surface area contributed by atoms with Crippen molar-refractivity contribution < 1.29 is 4.79 Å². The van der Waals surface area contributed by atoms with E-state index in [-0.39, 0.29) is 17.3 Å². The van der Waals surface area contributed by atoms with E-state index in [1.54, 1.807) is 0 Å². The minimum atomic E-state index is 0.114. The van der Waals surface area contributed by atoms with Crippen LogP contribution in [0.15, 0.2) is 24.3 Å². The Morgan fingerprint density at radius 3 is 2.83 bits per heavy atom. The molecule has 1 nitrogen and oxygen atoms in total. The molecule has 0 radical (unpaired) electrons. The van der Waals surface area contributed by atoms with Crippen LogP contribution in [0, 0.1) is 29.1 Å². The second kappa shape index (κ2) is 4.96. The molecular weight excluding hydrogens is 288 g/mol. The number of hydrogen-bond donors (Lipinski definition) is 0. The first kappa shape index (κ1) is 14.0. The number of fused-ring (bicyclic) bond motifs is 1. The smallest absolute Gasteiger partial charge is 0.143 e. The summed E-state index contributed by atoms with van der Waals surface area (Å²) in [7, 11) is 0. The standard InChI is InChI=1S/C16H23BrO/c1-10(9-17)13-8-16(4)11(2)6-5-7-14(16)15(18)12(13)3/h5,7,11-14H,1,6,8-9H2,2-4H3. The lowest BCUT2D eigenvalue weighted by molar-refractivity contribution is -0.137. The van der Waals surface area contributed by atoms with E-state index in [2.05, 4.69) is 55.4 Å². The highest BCUT2D eigenvalue weighted by Crippen LogP contribution is 2.53. The Morgan fingerprint density at radius 2 is 2.22 bits per heavy atom. The zero-order valence-corrected chi connectivity index (χ0v) is 13.2. The van der Waals surface area contributed by atoms with Crippen molar-refractivity contribution >= 4 is 21.7 Å². The van der Waals surface area contributed by atoms with Gasteiger partial charge in [0.05, 0.1) is 0 Å². The molecule has 1 saturated carbocycles. The van der Waals surface area contributed by atoms with Crippen molar-refractivity contribution in [2.45, 2.75) is 33.6 Å². The van der Waals surface area contributed by atoms with Crippen LogP contribution in [0.2, 0.25) is 0 Å². The zero-order chi connectivity index (χ0) is 13.5. The largest absolute Gasteiger partial charge is 0.299 e. The van der Waals surface area contributed by atoms with Crippen LogP contribution in [0.5, 0.6) is 0 Å². The van der Waals surface area contributed by atoms with Gasteiger partial charge in [-0.3, -0.25) is 4.79 Å². The second-order valence-corrected chi connectivity index (χ2v) is 6.90. The fourth-order valence-corrected chi connectivity index (χ4v) is 4.11. The molecule has 2 heteroatoms. The zero-order valence-electron chi connectivity index (χ0n) is 11.6. The summed E-state index contributed by atoms with van der Waals surface area (Å²) in [5.74, 6) is 1.57. The van der Waals surface area contributed by atoms with Crippen molar-refractivity contribution in [3.8, 4) is 0 Å². The van der Waals surface area contributed by atoms with Gasteiger partial charge in [-0.15, -0.1) is 0 Å². The van der Waals surface area contributed by atoms with Crippen molar-refractivity contribution in [2.24, 2.45) is 29.1 Å². The second-order valence-electron chi connectivity index (χ2n) is 6.34. The molecule has 0 aromatic heterocycles. The molecule has 100 valence electrons. The van der Waals surface area contributed by atoms with Gasteiger partial charge in [0.1, 0.15) is 5.78 Å². The molecule has 0 spiro atoms. The van der Waals surface area contributed by atoms with E-state index in [9.17, 15) is 4.79 Å². The monoisotopic (exact) mass is 310 g/mol. The maximum Gasteiger partial charge on any atom is 0.143 e. The number of Topliss-reactive ketones (excluding diaryl/α,β-unsaturated/α-hetero) is 1. The van der Waals surface area contributed by atoms with Crippen LogP contribution in [0.4, 0.5) is 0 Å². The molecule has 0 aromatic carbocycles. The molecule has 5 atom stereocenters. The molecule has 0 aromatic rings. The maximum atomic E-state index is 12.6. The van der Waals surface area contributed by atoms with E-state index >= 15 is 0 Å². The third-order valence-electron chi connectivity index (χ3n) is 5.37. The van der Waals surface area contributed by atoms with E-state index in [4.69, 9.17) is 0 Å². The van der Waals surface area contributed by atoms with Crippen LogP contribution in [-0.4, -0.2) is 11.1 Å². The summed E-state index contributed by atoms with van der Waals surface area (Å²) in [5.41, 5.74) is 1.30. The van der Waals surface area contributed by atoms with Crippen LogP contribution in [-0.2, 0) is 4.79 Å². The van der Waals surface area contributed by atoms with Gasteiger partial charge >= 0.3 is 0 Å². The van der Waals surface area contributed by atoms with Crippen molar-refractivity contribution in [3.63, 3.8) is 0 Å². The Labute approximate surface area is 119 Å². The Hall–Kier alpha value is -0.370. The van der Waals surface area contributed by atoms with Gasteiger partial charge in [0.2, 0.25) is 0 Å². The van der Waals surface area contributed by atoms with Gasteiger partial charge in [-0.05, 0) is 30.1 Å². The molecule has 18 heavy (non-hydrogen) atoms. The predicted molar refractivity (Wildman–Crippen MR) is 79.7 cm³/mol. The predicted octanol–water partition coefficient (Wildman–Crippen LogP) is 4.38. The van der Waals surface area contributed by atoms with E-state index in [1.807, 2.05) is 0 Å². The average Bonchev–Trinajstić information content (AvgIpc) is 2.35. The molecular formula is C16H23BrO. The molecule has 0 bridgehead atoms. The molecule has 2 aliphatic rings. The van der Waals surface area contributed by atoms with Gasteiger partial charge in [-0.25, -0.2) is 0 Å². The van der Waals surface area contributed by atoms with Gasteiger partial charge < -0.3 is 0 Å². The average molecular weight is 311 g/mol. The summed E-state index contributed by atoms with van der Waals surface area (Å²) >= 11 is 3.49. The number of halogens is 1. The highest BCUT2D eigenvalue weighted by Gasteiger charge is 2.51. The quantitative estimate of drug-likeness (QED) is 0.546. The lowest BCUT2D eigenvalue weighted by Crippen LogP contribution is -2.49. The SMILES string of the molecule is C=C(CBr)C1CC2(C)C(C)CC=CC2C(=O)C1C. The molecule has 0 N–H and O–H groups in total. The summed E-state index contributed by atoms with van der Waals surface area (Å²) < 4.78 is 0. The molecule has 0 heterocycles. The highest BCUT2D eigenvalue weighted by molar-refractivity contribution is 9.09. The third-order valence-corrected chi connectivity index (χ3v) is 6.09. The minimum absolute atomic E-state index is 0.114. The molecule has 5 unspecified atom stereocenters. The highest BCUT2D eigenvalue weighted by atomic mass is 79.9. The van der Waals surface area contributed by atoms with E-state index in [0.717, 1.165) is 18.2 Å². The first-order valence-corrected chi connectivity index (χ1v) is 7.98. The van der Waals surface area contributed by atoms with Gasteiger partial charge in [-0.1, -0.05) is 61.0 Å². The first-order chi connectivity index (χ1) is 8.41. The topological polar surface area (TPSA) is 17.1 Å². The van der Waals surface area contributed by atoms with Gasteiger partial charge in [0, 0.05) is 17.2 Å². The summed E-state index contributed by atoms with van der Waals surface area (Å²) in [5, 5.41) is 0.806. The molecule has 0 saturated heterocycles. The first-order valence-electron chi connectivity index (χ1n) is 6.85. The van der Waals surface area contributed by atoms with E-state index in [1.165, 1.54) is 5.57 Å². The number of alkyl halides is 1. The maximum absolute atomic E-state index is 12.6. The van der Waals surface area contributed by atoms with Crippen LogP contribution in [0.1, 0.15) is 33.6 Å². The lowest BCUT2D eigenvalue weighted by atomic mass is 9.52. The number of hydrogen-bond acceptors (Lipinski definition) is 1. The summed E-state index contributed by atoms with van der Waals surface area (Å²) in [6.07, 6.45) is 6.55.